The number of nitrogen functional groups attached to an aromatic ring is 1. The fourth-order valence-electron chi connectivity index (χ4n) is 1.51. The number of nitrogens with one attached hydrogen (secondary N) is 1. The summed E-state index contributed by atoms with van der Waals surface area (Å²) in [7, 11) is 0. The molecule has 0 radical (unpaired) electrons. The molecule has 1 heterocycles. The smallest absolute Gasteiger partial charge is 0.242 e. The Hall–Kier alpha value is -1.89. The van der Waals surface area contributed by atoms with Crippen molar-refractivity contribution in [3.8, 4) is 5.88 Å². The molecule has 3 N–H and O–H groups in total. The van der Waals surface area contributed by atoms with Crippen LogP contribution in [-0.4, -0.2) is 16.6 Å². The van der Waals surface area contributed by atoms with Crippen molar-refractivity contribution in [2.45, 2.75) is 13.3 Å². The van der Waals surface area contributed by atoms with E-state index in [1.165, 1.54) is 12.4 Å². The van der Waals surface area contributed by atoms with E-state index in [2.05, 4.69) is 31.2 Å². The highest BCUT2D eigenvalue weighted by atomic mass is 79.9. The summed E-state index contributed by atoms with van der Waals surface area (Å²) < 4.78 is 19.8. The topological polar surface area (TPSA) is 73.1 Å². The summed E-state index contributed by atoms with van der Waals surface area (Å²) in [5.74, 6) is 0.197. The second kappa shape index (κ2) is 6.51. The van der Waals surface area contributed by atoms with Crippen molar-refractivity contribution >= 4 is 33.1 Å². The lowest BCUT2D eigenvalue weighted by molar-refractivity contribution is 0.307. The van der Waals surface area contributed by atoms with E-state index >= 15 is 0 Å². The van der Waals surface area contributed by atoms with E-state index in [-0.39, 0.29) is 11.4 Å². The Bertz CT molecular complexity index is 609. The Kier molecular flexibility index (Phi) is 4.73. The minimum atomic E-state index is -0.409. The van der Waals surface area contributed by atoms with Gasteiger partial charge in [-0.3, -0.25) is 0 Å². The quantitative estimate of drug-likeness (QED) is 0.871. The molecule has 0 fully saturated rings. The summed E-state index contributed by atoms with van der Waals surface area (Å²) >= 11 is 3.20. The van der Waals surface area contributed by atoms with E-state index in [1.807, 2.05) is 6.92 Å². The van der Waals surface area contributed by atoms with Crippen molar-refractivity contribution in [1.29, 1.82) is 0 Å². The molecule has 0 aliphatic heterocycles. The van der Waals surface area contributed by atoms with Crippen LogP contribution in [0.3, 0.4) is 0 Å². The zero-order valence-electron chi connectivity index (χ0n) is 10.9. The van der Waals surface area contributed by atoms with Gasteiger partial charge in [0.1, 0.15) is 17.8 Å². The third kappa shape index (κ3) is 3.36. The molecule has 0 spiro atoms. The average molecular weight is 341 g/mol. The van der Waals surface area contributed by atoms with Gasteiger partial charge in [-0.15, -0.1) is 0 Å². The molecule has 106 valence electrons. The number of anilines is 3. The Morgan fingerprint density at radius 1 is 1.40 bits per heavy atom. The average Bonchev–Trinajstić information content (AvgIpc) is 2.42. The molecule has 0 atom stereocenters. The SMILES string of the molecule is CCCOc1ncnc(Nc2ccc(Br)cc2F)c1N. The highest BCUT2D eigenvalue weighted by Gasteiger charge is 2.11. The predicted molar refractivity (Wildman–Crippen MR) is 79.6 cm³/mol. The maximum absolute atomic E-state index is 13.8. The van der Waals surface area contributed by atoms with Crippen molar-refractivity contribution in [2.24, 2.45) is 0 Å². The second-order valence-electron chi connectivity index (χ2n) is 4.04. The third-order valence-electron chi connectivity index (χ3n) is 2.47. The Balaban J connectivity index is 2.24. The fourth-order valence-corrected chi connectivity index (χ4v) is 1.84. The zero-order valence-corrected chi connectivity index (χ0v) is 12.4. The summed E-state index contributed by atoms with van der Waals surface area (Å²) in [6, 6.07) is 4.67. The maximum Gasteiger partial charge on any atom is 0.242 e. The lowest BCUT2D eigenvalue weighted by Gasteiger charge is -2.12. The molecule has 5 nitrogen and oxygen atoms in total. The lowest BCUT2D eigenvalue weighted by atomic mass is 10.3. The van der Waals surface area contributed by atoms with Crippen LogP contribution in [0.4, 0.5) is 21.6 Å². The van der Waals surface area contributed by atoms with Crippen molar-refractivity contribution in [1.82, 2.24) is 9.97 Å². The van der Waals surface area contributed by atoms with Gasteiger partial charge in [0.15, 0.2) is 5.82 Å². The van der Waals surface area contributed by atoms with Gasteiger partial charge in [-0.2, -0.15) is 4.98 Å². The standard InChI is InChI=1S/C13H14BrFN4O/c1-2-5-20-13-11(16)12(17-7-18-13)19-10-4-3-8(14)6-9(10)15/h3-4,6-7H,2,5,16H2,1H3,(H,17,18,19). The Morgan fingerprint density at radius 2 is 2.20 bits per heavy atom. The first-order valence-electron chi connectivity index (χ1n) is 6.07. The number of nitrogens with two attached hydrogens (primary N) is 1. The van der Waals surface area contributed by atoms with Crippen molar-refractivity contribution in [3.63, 3.8) is 0 Å². The van der Waals surface area contributed by atoms with Crippen LogP contribution in [-0.2, 0) is 0 Å². The van der Waals surface area contributed by atoms with Gasteiger partial charge in [-0.25, -0.2) is 9.37 Å². The normalized spacial score (nSPS) is 10.3. The van der Waals surface area contributed by atoms with Crippen molar-refractivity contribution in [2.75, 3.05) is 17.7 Å². The first-order chi connectivity index (χ1) is 9.61. The monoisotopic (exact) mass is 340 g/mol. The number of nitrogens with zero attached hydrogens (tertiary/aromatic N) is 2. The summed E-state index contributed by atoms with van der Waals surface area (Å²) in [5, 5.41) is 2.83. The number of ether oxygens (including phenoxy) is 1. The number of benzene rings is 1. The molecule has 2 aromatic rings. The van der Waals surface area contributed by atoms with Crippen LogP contribution in [0.2, 0.25) is 0 Å². The van der Waals surface area contributed by atoms with Crippen molar-refractivity contribution in [3.05, 3.63) is 34.8 Å². The van der Waals surface area contributed by atoms with Crippen LogP contribution >= 0.6 is 15.9 Å². The number of aromatic nitrogens is 2. The fraction of sp³-hybridized carbons (Fsp3) is 0.231. The van der Waals surface area contributed by atoms with E-state index in [1.54, 1.807) is 12.1 Å². The summed E-state index contributed by atoms with van der Waals surface area (Å²) in [4.78, 5) is 7.96. The van der Waals surface area contributed by atoms with Gasteiger partial charge >= 0.3 is 0 Å². The van der Waals surface area contributed by atoms with Crippen LogP contribution < -0.4 is 15.8 Å². The predicted octanol–water partition coefficient (Wildman–Crippen LogP) is 3.49. The van der Waals surface area contributed by atoms with Crippen LogP contribution in [0.25, 0.3) is 0 Å². The van der Waals surface area contributed by atoms with Gasteiger partial charge in [0, 0.05) is 4.47 Å². The third-order valence-corrected chi connectivity index (χ3v) is 2.97. The van der Waals surface area contributed by atoms with E-state index in [0.29, 0.717) is 22.8 Å². The van der Waals surface area contributed by atoms with E-state index < -0.39 is 5.82 Å². The van der Waals surface area contributed by atoms with Crippen LogP contribution in [0.1, 0.15) is 13.3 Å². The van der Waals surface area contributed by atoms with E-state index in [0.717, 1.165) is 6.42 Å². The molecule has 0 bridgehead atoms. The molecule has 0 saturated carbocycles. The minimum Gasteiger partial charge on any atom is -0.476 e. The molecule has 1 aromatic heterocycles. The number of halogens is 2. The molecule has 1 aromatic carbocycles. The molecule has 0 amide bonds. The maximum atomic E-state index is 13.8. The van der Waals surface area contributed by atoms with Crippen molar-refractivity contribution < 1.29 is 9.13 Å². The Morgan fingerprint density at radius 3 is 2.90 bits per heavy atom. The van der Waals surface area contributed by atoms with Gasteiger partial charge < -0.3 is 15.8 Å². The highest BCUT2D eigenvalue weighted by Crippen LogP contribution is 2.29. The highest BCUT2D eigenvalue weighted by molar-refractivity contribution is 9.10. The van der Waals surface area contributed by atoms with E-state index in [4.69, 9.17) is 10.5 Å². The van der Waals surface area contributed by atoms with Crippen LogP contribution in [0, 0.1) is 5.82 Å². The summed E-state index contributed by atoms with van der Waals surface area (Å²) in [5.41, 5.74) is 6.44. The number of rotatable bonds is 5. The largest absolute Gasteiger partial charge is 0.476 e. The van der Waals surface area contributed by atoms with Crippen LogP contribution in [0.5, 0.6) is 5.88 Å². The van der Waals surface area contributed by atoms with E-state index in [9.17, 15) is 4.39 Å². The Labute approximate surface area is 124 Å². The van der Waals surface area contributed by atoms with Gasteiger partial charge in [-0.1, -0.05) is 22.9 Å². The first-order valence-corrected chi connectivity index (χ1v) is 6.86. The number of hydrogen-bond donors (Lipinski definition) is 2. The molecule has 20 heavy (non-hydrogen) atoms. The minimum absolute atomic E-state index is 0.253. The van der Waals surface area contributed by atoms with Crippen LogP contribution in [0.15, 0.2) is 29.0 Å². The molecular weight excluding hydrogens is 327 g/mol. The summed E-state index contributed by atoms with van der Waals surface area (Å²) in [6.07, 6.45) is 2.16. The van der Waals surface area contributed by atoms with Gasteiger partial charge in [0.25, 0.3) is 0 Å². The molecule has 0 unspecified atom stereocenters. The first kappa shape index (κ1) is 14.5. The molecule has 0 aliphatic carbocycles. The van der Waals surface area contributed by atoms with Gasteiger partial charge in [0.2, 0.25) is 5.88 Å². The molecular formula is C13H14BrFN4O. The number of hydrogen-bond acceptors (Lipinski definition) is 5. The van der Waals surface area contributed by atoms with Gasteiger partial charge in [-0.05, 0) is 24.6 Å². The molecule has 0 saturated heterocycles. The van der Waals surface area contributed by atoms with Gasteiger partial charge in [0.05, 0.1) is 12.3 Å². The summed E-state index contributed by atoms with van der Waals surface area (Å²) in [6.45, 7) is 2.49. The molecule has 7 heteroatoms. The lowest BCUT2D eigenvalue weighted by Crippen LogP contribution is -2.06. The molecule has 0 aliphatic rings. The second-order valence-corrected chi connectivity index (χ2v) is 4.95. The molecule has 2 rings (SSSR count). The zero-order chi connectivity index (χ0) is 14.5.